The lowest BCUT2D eigenvalue weighted by molar-refractivity contribution is 0.0698. The van der Waals surface area contributed by atoms with E-state index < -0.39 is 0 Å². The van der Waals surface area contributed by atoms with E-state index in [1.54, 1.807) is 0 Å². The van der Waals surface area contributed by atoms with Crippen LogP contribution in [0, 0.1) is 11.8 Å². The van der Waals surface area contributed by atoms with Gasteiger partial charge < -0.3 is 10.0 Å². The van der Waals surface area contributed by atoms with Crippen molar-refractivity contribution in [3.63, 3.8) is 0 Å². The van der Waals surface area contributed by atoms with Crippen LogP contribution in [0.5, 0.6) is 0 Å². The van der Waals surface area contributed by atoms with Crippen LogP contribution in [-0.4, -0.2) is 35.1 Å². The van der Waals surface area contributed by atoms with Gasteiger partial charge in [-0.25, -0.2) is 0 Å². The molecule has 1 aromatic rings. The van der Waals surface area contributed by atoms with E-state index in [9.17, 15) is 4.79 Å². The summed E-state index contributed by atoms with van der Waals surface area (Å²) in [7, 11) is 0. The Hall–Kier alpha value is -1.79. The molecular weight excluding hydrogens is 250 g/mol. The number of hydrogen-bond acceptors (Lipinski definition) is 2. The van der Waals surface area contributed by atoms with Gasteiger partial charge in [-0.05, 0) is 44.0 Å². The number of hydrogen-bond donors (Lipinski definition) is 1. The molecule has 1 aliphatic heterocycles. The molecule has 1 unspecified atom stereocenters. The lowest BCUT2D eigenvalue weighted by Crippen LogP contribution is -2.38. The molecule has 3 nitrogen and oxygen atoms in total. The van der Waals surface area contributed by atoms with Crippen molar-refractivity contribution in [3.05, 3.63) is 35.4 Å². The lowest BCUT2D eigenvalue weighted by atomic mass is 10.1. The lowest BCUT2D eigenvalue weighted by Gasteiger charge is -2.27. The monoisotopic (exact) mass is 271 g/mol. The molecule has 2 rings (SSSR count). The van der Waals surface area contributed by atoms with Crippen LogP contribution in [0.3, 0.4) is 0 Å². The third-order valence-corrected chi connectivity index (χ3v) is 3.76. The zero-order valence-corrected chi connectivity index (χ0v) is 11.9. The van der Waals surface area contributed by atoms with Gasteiger partial charge in [0.25, 0.3) is 5.91 Å². The highest BCUT2D eigenvalue weighted by molar-refractivity contribution is 5.94. The van der Waals surface area contributed by atoms with Gasteiger partial charge in [0.15, 0.2) is 0 Å². The average molecular weight is 271 g/mol. The van der Waals surface area contributed by atoms with Crippen LogP contribution in [-0.2, 0) is 0 Å². The smallest absolute Gasteiger partial charge is 0.254 e. The summed E-state index contributed by atoms with van der Waals surface area (Å²) in [4.78, 5) is 14.5. The minimum atomic E-state index is -0.147. The van der Waals surface area contributed by atoms with Crippen LogP contribution in [0.25, 0.3) is 0 Å². The van der Waals surface area contributed by atoms with Crippen LogP contribution < -0.4 is 0 Å². The summed E-state index contributed by atoms with van der Waals surface area (Å²) < 4.78 is 0. The molecule has 1 N–H and O–H groups in total. The zero-order chi connectivity index (χ0) is 14.4. The largest absolute Gasteiger partial charge is 0.384 e. The van der Waals surface area contributed by atoms with Crippen LogP contribution in [0.2, 0.25) is 0 Å². The third-order valence-electron chi connectivity index (χ3n) is 3.76. The van der Waals surface area contributed by atoms with Gasteiger partial charge in [-0.1, -0.05) is 24.7 Å². The van der Waals surface area contributed by atoms with E-state index in [1.165, 1.54) is 12.8 Å². The number of rotatable bonds is 1. The fourth-order valence-corrected chi connectivity index (χ4v) is 2.58. The highest BCUT2D eigenvalue weighted by Gasteiger charge is 2.22. The van der Waals surface area contributed by atoms with E-state index in [2.05, 4.69) is 18.8 Å². The Morgan fingerprint density at radius 3 is 2.75 bits per heavy atom. The maximum absolute atomic E-state index is 12.5. The first kappa shape index (κ1) is 14.6. The molecule has 0 bridgehead atoms. The second kappa shape index (κ2) is 7.12. The summed E-state index contributed by atoms with van der Waals surface area (Å²) in [5.41, 5.74) is 1.54. The predicted molar refractivity (Wildman–Crippen MR) is 79.4 cm³/mol. The number of amides is 1. The van der Waals surface area contributed by atoms with Crippen molar-refractivity contribution in [1.29, 1.82) is 0 Å². The normalized spacial score (nSPS) is 18.9. The van der Waals surface area contributed by atoms with E-state index in [0.29, 0.717) is 11.6 Å². The first-order valence-corrected chi connectivity index (χ1v) is 7.23. The molecule has 20 heavy (non-hydrogen) atoms. The Kier molecular flexibility index (Phi) is 5.20. The van der Waals surface area contributed by atoms with E-state index in [0.717, 1.165) is 24.9 Å². The topological polar surface area (TPSA) is 40.5 Å². The Balaban J connectivity index is 2.11. The van der Waals surface area contributed by atoms with Gasteiger partial charge in [-0.2, -0.15) is 0 Å². The highest BCUT2D eigenvalue weighted by atomic mass is 16.2. The summed E-state index contributed by atoms with van der Waals surface area (Å²) in [5, 5.41) is 8.66. The Labute approximate surface area is 120 Å². The molecule has 1 aromatic carbocycles. The molecule has 106 valence electrons. The van der Waals surface area contributed by atoms with E-state index in [4.69, 9.17) is 5.11 Å². The van der Waals surface area contributed by atoms with Gasteiger partial charge >= 0.3 is 0 Å². The van der Waals surface area contributed by atoms with Crippen molar-refractivity contribution in [1.82, 2.24) is 4.90 Å². The summed E-state index contributed by atoms with van der Waals surface area (Å²) in [5.74, 6) is 5.55. The minimum Gasteiger partial charge on any atom is -0.384 e. The van der Waals surface area contributed by atoms with Crippen molar-refractivity contribution in [2.75, 3.05) is 13.2 Å². The highest BCUT2D eigenvalue weighted by Crippen LogP contribution is 2.19. The van der Waals surface area contributed by atoms with Crippen molar-refractivity contribution in [3.8, 4) is 11.8 Å². The van der Waals surface area contributed by atoms with Gasteiger partial charge in [0, 0.05) is 23.7 Å². The van der Waals surface area contributed by atoms with Crippen LogP contribution in [0.15, 0.2) is 24.3 Å². The number of aliphatic hydroxyl groups is 1. The Morgan fingerprint density at radius 2 is 2.05 bits per heavy atom. The molecule has 1 amide bonds. The van der Waals surface area contributed by atoms with Gasteiger partial charge in [0.2, 0.25) is 0 Å². The molecule has 1 atom stereocenters. The molecule has 1 fully saturated rings. The molecule has 1 aliphatic rings. The zero-order valence-electron chi connectivity index (χ0n) is 11.9. The van der Waals surface area contributed by atoms with E-state index in [1.807, 2.05) is 29.2 Å². The first-order valence-electron chi connectivity index (χ1n) is 7.23. The SMILES string of the molecule is CC1CCCCCN1C(=O)c1ccc(C#CCO)cc1. The van der Waals surface area contributed by atoms with Crippen LogP contribution in [0.1, 0.15) is 48.5 Å². The fourth-order valence-electron chi connectivity index (χ4n) is 2.58. The Morgan fingerprint density at radius 1 is 1.30 bits per heavy atom. The van der Waals surface area contributed by atoms with Crippen molar-refractivity contribution in [2.24, 2.45) is 0 Å². The van der Waals surface area contributed by atoms with Gasteiger partial charge in [-0.15, -0.1) is 0 Å². The van der Waals surface area contributed by atoms with Crippen LogP contribution >= 0.6 is 0 Å². The number of nitrogens with zero attached hydrogens (tertiary/aromatic N) is 1. The molecular formula is C17H21NO2. The summed E-state index contributed by atoms with van der Waals surface area (Å²) >= 11 is 0. The number of benzene rings is 1. The first-order chi connectivity index (χ1) is 9.72. The molecule has 0 saturated carbocycles. The third kappa shape index (κ3) is 3.61. The van der Waals surface area contributed by atoms with Gasteiger partial charge in [0.1, 0.15) is 6.61 Å². The summed E-state index contributed by atoms with van der Waals surface area (Å²) in [6, 6.07) is 7.62. The van der Waals surface area contributed by atoms with E-state index >= 15 is 0 Å². The molecule has 1 heterocycles. The van der Waals surface area contributed by atoms with Gasteiger partial charge in [0.05, 0.1) is 0 Å². The molecule has 0 radical (unpaired) electrons. The number of likely N-dealkylation sites (tertiary alicyclic amines) is 1. The van der Waals surface area contributed by atoms with Crippen molar-refractivity contribution >= 4 is 5.91 Å². The summed E-state index contributed by atoms with van der Waals surface area (Å²) in [6.07, 6.45) is 4.60. The maximum atomic E-state index is 12.5. The summed E-state index contributed by atoms with van der Waals surface area (Å²) in [6.45, 7) is 2.84. The van der Waals surface area contributed by atoms with Gasteiger partial charge in [-0.3, -0.25) is 4.79 Å². The van der Waals surface area contributed by atoms with E-state index in [-0.39, 0.29) is 12.5 Å². The van der Waals surface area contributed by atoms with Crippen molar-refractivity contribution < 1.29 is 9.90 Å². The second-order valence-corrected chi connectivity index (χ2v) is 5.23. The number of carbonyl (C=O) groups excluding carboxylic acids is 1. The molecule has 1 saturated heterocycles. The standard InChI is InChI=1S/C17H21NO2/c1-14-6-3-2-4-12-18(14)17(20)16-10-8-15(9-11-16)7-5-13-19/h8-11,14,19H,2-4,6,12-13H2,1H3. The Bertz CT molecular complexity index is 510. The molecule has 0 aliphatic carbocycles. The van der Waals surface area contributed by atoms with Crippen LogP contribution in [0.4, 0.5) is 0 Å². The number of aliphatic hydroxyl groups excluding tert-OH is 1. The molecule has 0 aromatic heterocycles. The number of carbonyl (C=O) groups is 1. The fraction of sp³-hybridized carbons (Fsp3) is 0.471. The average Bonchev–Trinajstić information content (AvgIpc) is 2.69. The van der Waals surface area contributed by atoms with Crippen molar-refractivity contribution in [2.45, 2.75) is 38.6 Å². The quantitative estimate of drug-likeness (QED) is 0.797. The maximum Gasteiger partial charge on any atom is 0.254 e. The molecule has 0 spiro atoms. The minimum absolute atomic E-state index is 0.112. The second-order valence-electron chi connectivity index (χ2n) is 5.23. The molecule has 3 heteroatoms. The predicted octanol–water partition coefficient (Wildman–Crippen LogP) is 2.44.